The van der Waals surface area contributed by atoms with E-state index in [1.165, 1.54) is 20.2 Å². The van der Waals surface area contributed by atoms with Gasteiger partial charge < -0.3 is 0 Å². The van der Waals surface area contributed by atoms with Crippen LogP contribution in [0.2, 0.25) is 0 Å². The Balaban J connectivity index is 2.17. The topological polar surface area (TPSA) is 45.1 Å². The number of allylic oxidation sites excluding steroid dienone is 1. The van der Waals surface area contributed by atoms with Crippen LogP contribution >= 0.6 is 0 Å². The standard InChI is InChI=1S/C22H24FN3O2/c1-5-13-22(17-9-7-6-8-10-17)15-26(19-14-16(2)11-12-18(19)23)24-20(22)21(27)25(3)28-4/h5-12,14H,1,13,15H2,2-4H3. The van der Waals surface area contributed by atoms with Crippen LogP contribution in [0.25, 0.3) is 0 Å². The van der Waals surface area contributed by atoms with Gasteiger partial charge in [-0.3, -0.25) is 14.6 Å². The van der Waals surface area contributed by atoms with Crippen molar-refractivity contribution in [3.63, 3.8) is 0 Å². The van der Waals surface area contributed by atoms with Crippen LogP contribution in [0, 0.1) is 12.7 Å². The van der Waals surface area contributed by atoms with E-state index in [2.05, 4.69) is 11.7 Å². The highest BCUT2D eigenvalue weighted by Crippen LogP contribution is 2.39. The number of amides is 1. The lowest BCUT2D eigenvalue weighted by atomic mass is 9.73. The summed E-state index contributed by atoms with van der Waals surface area (Å²) in [6.45, 7) is 6.09. The molecule has 1 aliphatic rings. The van der Waals surface area contributed by atoms with Crippen LogP contribution in [-0.4, -0.2) is 37.4 Å². The molecule has 1 heterocycles. The first-order chi connectivity index (χ1) is 13.4. The third-order valence-corrected chi connectivity index (χ3v) is 5.06. The van der Waals surface area contributed by atoms with Gasteiger partial charge in [0.15, 0.2) is 0 Å². The zero-order valence-electron chi connectivity index (χ0n) is 16.4. The van der Waals surface area contributed by atoms with E-state index in [1.54, 1.807) is 23.2 Å². The first-order valence-electron chi connectivity index (χ1n) is 9.04. The molecule has 0 spiro atoms. The molecule has 1 amide bonds. The van der Waals surface area contributed by atoms with Crippen molar-refractivity contribution in [2.75, 3.05) is 25.7 Å². The Morgan fingerprint density at radius 1 is 1.36 bits per heavy atom. The highest BCUT2D eigenvalue weighted by Gasteiger charge is 2.48. The average molecular weight is 381 g/mol. The monoisotopic (exact) mass is 381 g/mol. The predicted octanol–water partition coefficient (Wildman–Crippen LogP) is 3.84. The van der Waals surface area contributed by atoms with Gasteiger partial charge >= 0.3 is 0 Å². The minimum absolute atomic E-state index is 0.295. The number of hydrazone groups is 1. The summed E-state index contributed by atoms with van der Waals surface area (Å²) in [5, 5.41) is 7.27. The van der Waals surface area contributed by atoms with E-state index in [-0.39, 0.29) is 11.7 Å². The molecular formula is C22H24FN3O2. The minimum atomic E-state index is -0.761. The van der Waals surface area contributed by atoms with E-state index in [0.717, 1.165) is 16.2 Å². The third kappa shape index (κ3) is 3.43. The van der Waals surface area contributed by atoms with Gasteiger partial charge in [0.1, 0.15) is 11.5 Å². The maximum absolute atomic E-state index is 14.6. The fraction of sp³-hybridized carbons (Fsp3) is 0.273. The van der Waals surface area contributed by atoms with Crippen molar-refractivity contribution in [3.8, 4) is 0 Å². The zero-order valence-corrected chi connectivity index (χ0v) is 16.4. The van der Waals surface area contributed by atoms with Gasteiger partial charge in [-0.25, -0.2) is 9.45 Å². The lowest BCUT2D eigenvalue weighted by molar-refractivity contribution is -0.160. The Bertz CT molecular complexity index is 913. The summed E-state index contributed by atoms with van der Waals surface area (Å²) in [7, 11) is 2.95. The SMILES string of the molecule is C=CCC1(c2ccccc2)CN(c2cc(C)ccc2F)N=C1C(=O)N(C)OC. The molecule has 0 radical (unpaired) electrons. The molecule has 0 saturated heterocycles. The van der Waals surface area contributed by atoms with E-state index in [0.29, 0.717) is 24.4 Å². The summed E-state index contributed by atoms with van der Waals surface area (Å²) < 4.78 is 14.6. The molecule has 3 rings (SSSR count). The van der Waals surface area contributed by atoms with Gasteiger partial charge in [0.05, 0.1) is 24.8 Å². The molecule has 1 unspecified atom stereocenters. The van der Waals surface area contributed by atoms with Crippen molar-refractivity contribution in [2.45, 2.75) is 18.8 Å². The second-order valence-corrected chi connectivity index (χ2v) is 6.89. The van der Waals surface area contributed by atoms with Crippen molar-refractivity contribution in [2.24, 2.45) is 5.10 Å². The molecule has 146 valence electrons. The molecular weight excluding hydrogens is 357 g/mol. The molecule has 1 aliphatic heterocycles. The second-order valence-electron chi connectivity index (χ2n) is 6.89. The lowest BCUT2D eigenvalue weighted by Crippen LogP contribution is -2.46. The van der Waals surface area contributed by atoms with Crippen molar-refractivity contribution in [1.29, 1.82) is 0 Å². The van der Waals surface area contributed by atoms with Crippen molar-refractivity contribution < 1.29 is 14.0 Å². The van der Waals surface area contributed by atoms with Crippen molar-refractivity contribution >= 4 is 17.3 Å². The summed E-state index contributed by atoms with van der Waals surface area (Å²) in [5.41, 5.74) is 1.70. The number of carbonyl (C=O) groups is 1. The van der Waals surface area contributed by atoms with Crippen LogP contribution in [0.15, 0.2) is 66.3 Å². The van der Waals surface area contributed by atoms with Gasteiger partial charge in [-0.1, -0.05) is 42.5 Å². The van der Waals surface area contributed by atoms with Crippen LogP contribution in [0.1, 0.15) is 17.5 Å². The number of hydrogen-bond acceptors (Lipinski definition) is 4. The quantitative estimate of drug-likeness (QED) is 0.564. The fourth-order valence-electron chi connectivity index (χ4n) is 3.53. The number of benzene rings is 2. The lowest BCUT2D eigenvalue weighted by Gasteiger charge is -2.31. The summed E-state index contributed by atoms with van der Waals surface area (Å²) in [5.74, 6) is -0.757. The fourth-order valence-corrected chi connectivity index (χ4v) is 3.53. The van der Waals surface area contributed by atoms with E-state index < -0.39 is 5.41 Å². The second kappa shape index (κ2) is 7.94. The molecule has 0 N–H and O–H groups in total. The Labute approximate surface area is 164 Å². The van der Waals surface area contributed by atoms with Crippen molar-refractivity contribution in [3.05, 3.63) is 78.1 Å². The number of nitrogens with zero attached hydrogens (tertiary/aromatic N) is 3. The first kappa shape index (κ1) is 19.8. The largest absolute Gasteiger partial charge is 0.294 e. The smallest absolute Gasteiger partial charge is 0.274 e. The molecule has 5 nitrogen and oxygen atoms in total. The molecule has 0 aliphatic carbocycles. The summed E-state index contributed by atoms with van der Waals surface area (Å²) >= 11 is 0. The highest BCUT2D eigenvalue weighted by molar-refractivity contribution is 6.43. The van der Waals surface area contributed by atoms with E-state index in [4.69, 9.17) is 4.84 Å². The van der Waals surface area contributed by atoms with Crippen LogP contribution in [0.3, 0.4) is 0 Å². The first-order valence-corrected chi connectivity index (χ1v) is 9.04. The zero-order chi connectivity index (χ0) is 20.3. The normalized spacial score (nSPS) is 18.7. The third-order valence-electron chi connectivity index (χ3n) is 5.06. The van der Waals surface area contributed by atoms with Gasteiger partial charge in [-0.15, -0.1) is 6.58 Å². The van der Waals surface area contributed by atoms with E-state index >= 15 is 0 Å². The average Bonchev–Trinajstić information content (AvgIpc) is 3.10. The van der Waals surface area contributed by atoms with Crippen LogP contribution in [0.5, 0.6) is 0 Å². The molecule has 0 fully saturated rings. The molecule has 0 bridgehead atoms. The van der Waals surface area contributed by atoms with Gasteiger partial charge in [0, 0.05) is 7.05 Å². The van der Waals surface area contributed by atoms with Gasteiger partial charge in [0.2, 0.25) is 0 Å². The maximum Gasteiger partial charge on any atom is 0.294 e. The number of hydrogen-bond donors (Lipinski definition) is 0. The Morgan fingerprint density at radius 2 is 2.07 bits per heavy atom. The van der Waals surface area contributed by atoms with Gasteiger partial charge in [-0.05, 0) is 36.6 Å². The number of aryl methyl sites for hydroxylation is 1. The van der Waals surface area contributed by atoms with Crippen LogP contribution in [-0.2, 0) is 15.0 Å². The molecule has 0 aromatic heterocycles. The van der Waals surface area contributed by atoms with Gasteiger partial charge in [-0.2, -0.15) is 5.10 Å². The van der Waals surface area contributed by atoms with Gasteiger partial charge in [0.25, 0.3) is 5.91 Å². The van der Waals surface area contributed by atoms with Crippen molar-refractivity contribution in [1.82, 2.24) is 5.06 Å². The number of carbonyl (C=O) groups excluding carboxylic acids is 1. The summed E-state index contributed by atoms with van der Waals surface area (Å²) in [6, 6.07) is 14.5. The van der Waals surface area contributed by atoms with Crippen LogP contribution in [0.4, 0.5) is 10.1 Å². The Kier molecular flexibility index (Phi) is 5.61. The number of halogens is 1. The molecule has 1 atom stereocenters. The molecule has 0 saturated carbocycles. The maximum atomic E-state index is 14.6. The molecule has 28 heavy (non-hydrogen) atoms. The molecule has 2 aromatic carbocycles. The predicted molar refractivity (Wildman–Crippen MR) is 109 cm³/mol. The van der Waals surface area contributed by atoms with Crippen LogP contribution < -0.4 is 5.01 Å². The molecule has 2 aromatic rings. The molecule has 6 heteroatoms. The summed E-state index contributed by atoms with van der Waals surface area (Å²) in [4.78, 5) is 18.2. The van der Waals surface area contributed by atoms with E-state index in [9.17, 15) is 9.18 Å². The highest BCUT2D eigenvalue weighted by atomic mass is 19.1. The minimum Gasteiger partial charge on any atom is -0.274 e. The van der Waals surface area contributed by atoms with E-state index in [1.807, 2.05) is 37.3 Å². The number of hydroxylamine groups is 2. The Morgan fingerprint density at radius 3 is 2.71 bits per heavy atom. The number of anilines is 1. The number of rotatable bonds is 6. The Hall–Kier alpha value is -2.99. The summed E-state index contributed by atoms with van der Waals surface area (Å²) in [6.07, 6.45) is 2.24.